The van der Waals surface area contributed by atoms with Gasteiger partial charge in [0.15, 0.2) is 5.65 Å². The molecule has 0 saturated carbocycles. The van der Waals surface area contributed by atoms with E-state index in [4.69, 9.17) is 0 Å². The minimum absolute atomic E-state index is 0.107. The Morgan fingerprint density at radius 3 is 2.45 bits per heavy atom. The van der Waals surface area contributed by atoms with Crippen molar-refractivity contribution in [1.29, 1.82) is 0 Å². The molecule has 3 rings (SSSR count). The van der Waals surface area contributed by atoms with Gasteiger partial charge < -0.3 is 0 Å². The summed E-state index contributed by atoms with van der Waals surface area (Å²) >= 11 is 0. The minimum atomic E-state index is -0.289. The standard InChI is InChI=1S/C15H14FN3O/c1-8-9(2)17-14-13(10(3)18-19(14)15(8)20)11-4-6-12(16)7-5-11/h4-7,18H,1-3H3. The van der Waals surface area contributed by atoms with Gasteiger partial charge in [0.2, 0.25) is 0 Å². The lowest BCUT2D eigenvalue weighted by atomic mass is 10.1. The molecule has 0 atom stereocenters. The van der Waals surface area contributed by atoms with Crippen LogP contribution in [0.3, 0.4) is 0 Å². The summed E-state index contributed by atoms with van der Waals surface area (Å²) in [6, 6.07) is 6.18. The van der Waals surface area contributed by atoms with Crippen LogP contribution in [0.4, 0.5) is 4.39 Å². The van der Waals surface area contributed by atoms with Crippen molar-refractivity contribution in [2.24, 2.45) is 0 Å². The van der Waals surface area contributed by atoms with Crippen molar-refractivity contribution in [3.63, 3.8) is 0 Å². The first-order valence-electron chi connectivity index (χ1n) is 6.33. The van der Waals surface area contributed by atoms with Gasteiger partial charge >= 0.3 is 0 Å². The van der Waals surface area contributed by atoms with Gasteiger partial charge in [0.1, 0.15) is 5.82 Å². The number of fused-ring (bicyclic) bond motifs is 1. The van der Waals surface area contributed by atoms with Gasteiger partial charge in [-0.3, -0.25) is 9.89 Å². The highest BCUT2D eigenvalue weighted by atomic mass is 19.1. The number of nitrogens with one attached hydrogen (secondary N) is 1. The van der Waals surface area contributed by atoms with Crippen LogP contribution >= 0.6 is 0 Å². The fourth-order valence-electron chi connectivity index (χ4n) is 2.34. The molecule has 0 unspecified atom stereocenters. The number of rotatable bonds is 1. The van der Waals surface area contributed by atoms with E-state index in [0.29, 0.717) is 16.9 Å². The second kappa shape index (κ2) is 4.30. The summed E-state index contributed by atoms with van der Waals surface area (Å²) in [5.41, 5.74) is 4.27. The Morgan fingerprint density at radius 1 is 1.15 bits per heavy atom. The smallest absolute Gasteiger partial charge is 0.275 e. The number of halogens is 1. The topological polar surface area (TPSA) is 50.2 Å². The highest BCUT2D eigenvalue weighted by molar-refractivity contribution is 5.79. The fraction of sp³-hybridized carbons (Fsp3) is 0.200. The molecule has 0 spiro atoms. The summed E-state index contributed by atoms with van der Waals surface area (Å²) in [6.45, 7) is 5.44. The van der Waals surface area contributed by atoms with E-state index in [1.807, 2.05) is 13.8 Å². The zero-order chi connectivity index (χ0) is 14.4. The first kappa shape index (κ1) is 12.6. The van der Waals surface area contributed by atoms with Crippen molar-refractivity contribution >= 4 is 5.65 Å². The molecule has 2 aromatic heterocycles. The van der Waals surface area contributed by atoms with Gasteiger partial charge in [0, 0.05) is 22.5 Å². The van der Waals surface area contributed by atoms with Gasteiger partial charge in [-0.25, -0.2) is 13.9 Å². The maximum Gasteiger partial charge on any atom is 0.275 e. The summed E-state index contributed by atoms with van der Waals surface area (Å²) in [4.78, 5) is 16.7. The van der Waals surface area contributed by atoms with Crippen LogP contribution in [0.1, 0.15) is 17.0 Å². The molecule has 2 heterocycles. The van der Waals surface area contributed by atoms with E-state index in [2.05, 4.69) is 10.1 Å². The molecule has 0 amide bonds. The van der Waals surface area contributed by atoms with Crippen molar-refractivity contribution in [3.05, 3.63) is 57.4 Å². The predicted octanol–water partition coefficient (Wildman–Crippen LogP) is 2.75. The van der Waals surface area contributed by atoms with Gasteiger partial charge in [0.25, 0.3) is 5.56 Å². The number of aryl methyl sites for hydroxylation is 2. The molecule has 5 heteroatoms. The number of aromatic amines is 1. The quantitative estimate of drug-likeness (QED) is 0.740. The monoisotopic (exact) mass is 271 g/mol. The van der Waals surface area contributed by atoms with Crippen LogP contribution in [0, 0.1) is 26.6 Å². The summed E-state index contributed by atoms with van der Waals surface area (Å²) in [5, 5.41) is 3.02. The molecule has 1 N–H and O–H groups in total. The summed E-state index contributed by atoms with van der Waals surface area (Å²) in [5.74, 6) is -0.289. The van der Waals surface area contributed by atoms with E-state index in [1.54, 1.807) is 19.1 Å². The number of H-pyrrole nitrogens is 1. The maximum absolute atomic E-state index is 13.0. The molecule has 0 aliphatic carbocycles. The van der Waals surface area contributed by atoms with Crippen LogP contribution in [0.5, 0.6) is 0 Å². The van der Waals surface area contributed by atoms with E-state index in [1.165, 1.54) is 16.6 Å². The highest BCUT2D eigenvalue weighted by Gasteiger charge is 2.15. The zero-order valence-corrected chi connectivity index (χ0v) is 11.5. The Morgan fingerprint density at radius 2 is 1.80 bits per heavy atom. The van der Waals surface area contributed by atoms with Gasteiger partial charge in [-0.05, 0) is 38.5 Å². The van der Waals surface area contributed by atoms with Crippen LogP contribution in [-0.4, -0.2) is 14.6 Å². The first-order chi connectivity index (χ1) is 9.49. The van der Waals surface area contributed by atoms with Crippen molar-refractivity contribution in [1.82, 2.24) is 14.6 Å². The highest BCUT2D eigenvalue weighted by Crippen LogP contribution is 2.26. The summed E-state index contributed by atoms with van der Waals surface area (Å²) in [7, 11) is 0. The molecule has 0 fully saturated rings. The molecule has 0 saturated heterocycles. The normalized spacial score (nSPS) is 11.2. The molecule has 0 aliphatic rings. The third kappa shape index (κ3) is 1.74. The Bertz CT molecular complexity index is 859. The largest absolute Gasteiger partial charge is 0.293 e. The maximum atomic E-state index is 13.0. The molecular weight excluding hydrogens is 257 g/mol. The average molecular weight is 271 g/mol. The number of nitrogens with zero attached hydrogens (tertiary/aromatic N) is 2. The van der Waals surface area contributed by atoms with Crippen LogP contribution in [0.15, 0.2) is 29.1 Å². The first-order valence-corrected chi connectivity index (χ1v) is 6.33. The van der Waals surface area contributed by atoms with Crippen LogP contribution in [-0.2, 0) is 0 Å². The fourth-order valence-corrected chi connectivity index (χ4v) is 2.34. The third-order valence-electron chi connectivity index (χ3n) is 3.56. The Balaban J connectivity index is 2.39. The minimum Gasteiger partial charge on any atom is -0.293 e. The number of aromatic nitrogens is 3. The molecule has 20 heavy (non-hydrogen) atoms. The Labute approximate surface area is 114 Å². The third-order valence-corrected chi connectivity index (χ3v) is 3.56. The van der Waals surface area contributed by atoms with E-state index in [9.17, 15) is 9.18 Å². The van der Waals surface area contributed by atoms with Gasteiger partial charge in [-0.15, -0.1) is 0 Å². The van der Waals surface area contributed by atoms with Crippen LogP contribution < -0.4 is 5.56 Å². The van der Waals surface area contributed by atoms with E-state index >= 15 is 0 Å². The van der Waals surface area contributed by atoms with Crippen molar-refractivity contribution in [3.8, 4) is 11.1 Å². The number of hydrogen-bond acceptors (Lipinski definition) is 2. The van der Waals surface area contributed by atoms with E-state index in [0.717, 1.165) is 16.8 Å². The molecule has 1 aromatic carbocycles. The SMILES string of the molecule is Cc1nc2c(-c3ccc(F)cc3)c(C)[nH]n2c(=O)c1C. The number of benzene rings is 1. The Kier molecular flexibility index (Phi) is 2.71. The van der Waals surface area contributed by atoms with E-state index in [-0.39, 0.29) is 11.4 Å². The second-order valence-corrected chi connectivity index (χ2v) is 4.91. The molecule has 4 nitrogen and oxygen atoms in total. The van der Waals surface area contributed by atoms with E-state index < -0.39 is 0 Å². The Hall–Kier alpha value is -2.43. The molecule has 0 radical (unpaired) electrons. The summed E-state index contributed by atoms with van der Waals surface area (Å²) in [6.07, 6.45) is 0. The lowest BCUT2D eigenvalue weighted by molar-refractivity contribution is 0.628. The van der Waals surface area contributed by atoms with Gasteiger partial charge in [0.05, 0.1) is 0 Å². The van der Waals surface area contributed by atoms with Crippen LogP contribution in [0.25, 0.3) is 16.8 Å². The second-order valence-electron chi connectivity index (χ2n) is 4.91. The van der Waals surface area contributed by atoms with Crippen molar-refractivity contribution in [2.45, 2.75) is 20.8 Å². The molecule has 0 bridgehead atoms. The predicted molar refractivity (Wildman–Crippen MR) is 75.4 cm³/mol. The molecule has 3 aromatic rings. The number of hydrogen-bond donors (Lipinski definition) is 1. The molecular formula is C15H14FN3O. The van der Waals surface area contributed by atoms with Crippen molar-refractivity contribution in [2.75, 3.05) is 0 Å². The molecule has 0 aliphatic heterocycles. The lowest BCUT2D eigenvalue weighted by Crippen LogP contribution is -2.19. The van der Waals surface area contributed by atoms with Crippen molar-refractivity contribution < 1.29 is 4.39 Å². The molecule has 102 valence electrons. The average Bonchev–Trinajstić information content (AvgIpc) is 2.74. The van der Waals surface area contributed by atoms with Gasteiger partial charge in [-0.2, -0.15) is 0 Å². The zero-order valence-electron chi connectivity index (χ0n) is 11.5. The van der Waals surface area contributed by atoms with Gasteiger partial charge in [-0.1, -0.05) is 12.1 Å². The lowest BCUT2D eigenvalue weighted by Gasteiger charge is -2.03. The van der Waals surface area contributed by atoms with Crippen LogP contribution in [0.2, 0.25) is 0 Å². The summed E-state index contributed by atoms with van der Waals surface area (Å²) < 4.78 is 14.5.